The van der Waals surface area contributed by atoms with E-state index in [4.69, 9.17) is 4.74 Å². The van der Waals surface area contributed by atoms with Crippen molar-refractivity contribution in [1.29, 1.82) is 0 Å². The molecule has 3 aliphatic heterocycles. The number of carbonyl (C=O) groups is 3. The van der Waals surface area contributed by atoms with Crippen molar-refractivity contribution in [2.24, 2.45) is 0 Å². The van der Waals surface area contributed by atoms with Gasteiger partial charge >= 0.3 is 0 Å². The molecule has 0 saturated carbocycles. The van der Waals surface area contributed by atoms with Gasteiger partial charge in [0, 0.05) is 31.4 Å². The van der Waals surface area contributed by atoms with Gasteiger partial charge in [-0.25, -0.2) is 9.97 Å². The predicted octanol–water partition coefficient (Wildman–Crippen LogP) is 1.37. The van der Waals surface area contributed by atoms with Crippen LogP contribution in [0, 0.1) is 0 Å². The lowest BCUT2D eigenvalue weighted by atomic mass is 10.1. The molecule has 3 aromatic rings. The van der Waals surface area contributed by atoms with Gasteiger partial charge in [-0.05, 0) is 24.3 Å². The SMILES string of the molecule is O=C1CSc2ncc(C(=O)N3CCO[C@@H]4CN(C(=O)c5ccc6nc[nH]c6c5)C[C@@H]43)cc2N1. The van der Waals surface area contributed by atoms with Gasteiger partial charge in [0.25, 0.3) is 11.8 Å². The molecule has 2 atom stereocenters. The Labute approximate surface area is 192 Å². The first-order valence-electron chi connectivity index (χ1n) is 10.6. The van der Waals surface area contributed by atoms with Crippen LogP contribution < -0.4 is 5.32 Å². The molecule has 5 heterocycles. The number of likely N-dealkylation sites (tertiary alicyclic amines) is 1. The molecule has 1 aromatic carbocycles. The standard InChI is InChI=1S/C22H20N6O4S/c29-19-10-33-20-16(26-19)6-13(7-23-20)22(31)28-3-4-32-18-9-27(8-17(18)28)21(30)12-1-2-14-15(5-12)25-11-24-14/h1-2,5-7,11,17-18H,3-4,8-10H2,(H,24,25)(H,26,29)/t17-,18+/m0/s1. The van der Waals surface area contributed by atoms with Crippen molar-refractivity contribution >= 4 is 46.2 Å². The third kappa shape index (κ3) is 3.53. The predicted molar refractivity (Wildman–Crippen MR) is 120 cm³/mol. The number of carbonyl (C=O) groups excluding carboxylic acids is 3. The van der Waals surface area contributed by atoms with Gasteiger partial charge in [0.15, 0.2) is 0 Å². The van der Waals surface area contributed by atoms with Gasteiger partial charge in [0.2, 0.25) is 5.91 Å². The van der Waals surface area contributed by atoms with Crippen LogP contribution in [-0.2, 0) is 9.53 Å². The minimum atomic E-state index is -0.247. The maximum Gasteiger partial charge on any atom is 0.255 e. The summed E-state index contributed by atoms with van der Waals surface area (Å²) in [4.78, 5) is 53.3. The van der Waals surface area contributed by atoms with Crippen molar-refractivity contribution in [3.8, 4) is 0 Å². The molecule has 10 nitrogen and oxygen atoms in total. The van der Waals surface area contributed by atoms with E-state index >= 15 is 0 Å². The first-order chi connectivity index (χ1) is 16.1. The number of thioether (sulfide) groups is 1. The average Bonchev–Trinajstić information content (AvgIpc) is 3.49. The zero-order valence-corrected chi connectivity index (χ0v) is 18.3. The van der Waals surface area contributed by atoms with Gasteiger partial charge in [-0.3, -0.25) is 14.4 Å². The minimum absolute atomic E-state index is 0.105. The highest BCUT2D eigenvalue weighted by molar-refractivity contribution is 8.00. The summed E-state index contributed by atoms with van der Waals surface area (Å²) in [5.41, 5.74) is 3.14. The Morgan fingerprint density at radius 2 is 2.03 bits per heavy atom. The molecule has 0 bridgehead atoms. The normalized spacial score (nSPS) is 22.1. The van der Waals surface area contributed by atoms with Crippen molar-refractivity contribution in [2.45, 2.75) is 17.2 Å². The molecule has 2 N–H and O–H groups in total. The van der Waals surface area contributed by atoms with E-state index in [2.05, 4.69) is 20.3 Å². The number of anilines is 1. The number of amides is 3. The van der Waals surface area contributed by atoms with E-state index < -0.39 is 0 Å². The van der Waals surface area contributed by atoms with Crippen molar-refractivity contribution < 1.29 is 19.1 Å². The Morgan fingerprint density at radius 3 is 2.94 bits per heavy atom. The monoisotopic (exact) mass is 464 g/mol. The van der Waals surface area contributed by atoms with E-state index in [0.29, 0.717) is 53.8 Å². The molecule has 2 saturated heterocycles. The maximum absolute atomic E-state index is 13.4. The van der Waals surface area contributed by atoms with Gasteiger partial charge in [0.1, 0.15) is 5.03 Å². The number of rotatable bonds is 2. The van der Waals surface area contributed by atoms with E-state index in [-0.39, 0.29) is 29.9 Å². The number of pyridine rings is 1. The molecular formula is C22H20N6O4S. The fraction of sp³-hybridized carbons (Fsp3) is 0.318. The number of hydrogen-bond acceptors (Lipinski definition) is 7. The van der Waals surface area contributed by atoms with Gasteiger partial charge in [-0.15, -0.1) is 0 Å². The number of nitrogens with one attached hydrogen (secondary N) is 2. The molecule has 2 aromatic heterocycles. The summed E-state index contributed by atoms with van der Waals surface area (Å²) in [6.45, 7) is 1.64. The fourth-order valence-electron chi connectivity index (χ4n) is 4.62. The highest BCUT2D eigenvalue weighted by atomic mass is 32.2. The highest BCUT2D eigenvalue weighted by Gasteiger charge is 2.44. The lowest BCUT2D eigenvalue weighted by Crippen LogP contribution is -2.53. The molecule has 11 heteroatoms. The number of benzene rings is 1. The number of morpholine rings is 1. The largest absolute Gasteiger partial charge is 0.372 e. The summed E-state index contributed by atoms with van der Waals surface area (Å²) < 4.78 is 5.92. The van der Waals surface area contributed by atoms with Crippen LogP contribution in [-0.4, -0.2) is 86.6 Å². The van der Waals surface area contributed by atoms with Gasteiger partial charge < -0.3 is 24.8 Å². The molecule has 3 aliphatic rings. The first-order valence-corrected chi connectivity index (χ1v) is 11.6. The molecule has 6 rings (SSSR count). The van der Waals surface area contributed by atoms with Crippen LogP contribution in [0.1, 0.15) is 20.7 Å². The summed E-state index contributed by atoms with van der Waals surface area (Å²) in [5.74, 6) is -0.0743. The average molecular weight is 465 g/mol. The highest BCUT2D eigenvalue weighted by Crippen LogP contribution is 2.31. The number of fused-ring (bicyclic) bond motifs is 3. The Balaban J connectivity index is 1.22. The maximum atomic E-state index is 13.4. The number of H-pyrrole nitrogens is 1. The number of nitrogens with zero attached hydrogens (tertiary/aromatic N) is 4. The topological polar surface area (TPSA) is 121 Å². The second-order valence-corrected chi connectivity index (χ2v) is 9.20. The summed E-state index contributed by atoms with van der Waals surface area (Å²) in [6, 6.07) is 6.81. The Morgan fingerprint density at radius 1 is 1.12 bits per heavy atom. The van der Waals surface area contributed by atoms with Crippen molar-refractivity contribution in [2.75, 3.05) is 37.3 Å². The molecule has 0 radical (unpaired) electrons. The molecule has 2 fully saturated rings. The summed E-state index contributed by atoms with van der Waals surface area (Å²) in [5, 5.41) is 3.48. The molecule has 0 spiro atoms. The molecule has 33 heavy (non-hydrogen) atoms. The number of aromatic nitrogens is 3. The van der Waals surface area contributed by atoms with E-state index in [1.54, 1.807) is 40.5 Å². The smallest absolute Gasteiger partial charge is 0.255 e. The fourth-order valence-corrected chi connectivity index (χ4v) is 5.35. The second-order valence-electron chi connectivity index (χ2n) is 8.23. The van der Waals surface area contributed by atoms with Gasteiger partial charge in [-0.1, -0.05) is 11.8 Å². The first kappa shape index (κ1) is 20.2. The van der Waals surface area contributed by atoms with Gasteiger partial charge in [0.05, 0.1) is 53.1 Å². The van der Waals surface area contributed by atoms with Crippen molar-refractivity contribution in [3.05, 3.63) is 47.9 Å². The zero-order valence-electron chi connectivity index (χ0n) is 17.5. The third-order valence-corrected chi connectivity index (χ3v) is 7.23. The van der Waals surface area contributed by atoms with E-state index in [0.717, 1.165) is 11.0 Å². The van der Waals surface area contributed by atoms with Crippen LogP contribution >= 0.6 is 11.8 Å². The van der Waals surface area contributed by atoms with Crippen LogP contribution in [0.3, 0.4) is 0 Å². The van der Waals surface area contributed by atoms with Crippen LogP contribution in [0.4, 0.5) is 5.69 Å². The van der Waals surface area contributed by atoms with E-state index in [1.807, 2.05) is 6.07 Å². The number of ether oxygens (including phenoxy) is 1. The van der Waals surface area contributed by atoms with Crippen LogP contribution in [0.2, 0.25) is 0 Å². The quantitative estimate of drug-likeness (QED) is 0.588. The van der Waals surface area contributed by atoms with E-state index in [1.165, 1.54) is 11.8 Å². The number of hydrogen-bond donors (Lipinski definition) is 2. The van der Waals surface area contributed by atoms with Crippen LogP contribution in [0.5, 0.6) is 0 Å². The lowest BCUT2D eigenvalue weighted by molar-refractivity contribution is -0.113. The third-order valence-electron chi connectivity index (χ3n) is 6.23. The summed E-state index contributed by atoms with van der Waals surface area (Å²) in [7, 11) is 0. The minimum Gasteiger partial charge on any atom is -0.372 e. The molecule has 3 amide bonds. The molecule has 168 valence electrons. The summed E-state index contributed by atoms with van der Waals surface area (Å²) in [6.07, 6.45) is 2.90. The molecule has 0 unspecified atom stereocenters. The Hall–Kier alpha value is -3.44. The number of aromatic amines is 1. The molecule has 0 aliphatic carbocycles. The Bertz CT molecular complexity index is 1290. The second kappa shape index (κ2) is 7.85. The van der Waals surface area contributed by atoms with Crippen LogP contribution in [0.15, 0.2) is 41.8 Å². The molecular weight excluding hydrogens is 444 g/mol. The summed E-state index contributed by atoms with van der Waals surface area (Å²) >= 11 is 1.35. The van der Waals surface area contributed by atoms with Crippen molar-refractivity contribution in [1.82, 2.24) is 24.8 Å². The lowest BCUT2D eigenvalue weighted by Gasteiger charge is -2.36. The zero-order chi connectivity index (χ0) is 22.5. The number of imidazole rings is 1. The van der Waals surface area contributed by atoms with Crippen molar-refractivity contribution in [3.63, 3.8) is 0 Å². The van der Waals surface area contributed by atoms with E-state index in [9.17, 15) is 14.4 Å². The Kier molecular flexibility index (Phi) is 4.80. The van der Waals surface area contributed by atoms with Crippen LogP contribution in [0.25, 0.3) is 11.0 Å². The van der Waals surface area contributed by atoms with Gasteiger partial charge in [-0.2, -0.15) is 0 Å².